The van der Waals surface area contributed by atoms with E-state index in [9.17, 15) is 19.5 Å². The van der Waals surface area contributed by atoms with E-state index in [0.29, 0.717) is 0 Å². The molecule has 0 saturated carbocycles. The number of nitrogens with one attached hydrogen (secondary N) is 1. The predicted molar refractivity (Wildman–Crippen MR) is 79.5 cm³/mol. The van der Waals surface area contributed by atoms with Crippen molar-refractivity contribution in [1.29, 1.82) is 0 Å². The smallest absolute Gasteiger partial charge is 0.411 e. The topological polar surface area (TPSA) is 99.2 Å². The summed E-state index contributed by atoms with van der Waals surface area (Å²) in [6, 6.07) is -1.32. The fraction of sp³-hybridized carbons (Fsp3) is 0.786. The fourth-order valence-corrected chi connectivity index (χ4v) is 2.33. The molecule has 0 aromatic heterocycles. The van der Waals surface area contributed by atoms with Crippen LogP contribution in [0.2, 0.25) is 0 Å². The summed E-state index contributed by atoms with van der Waals surface area (Å²) in [5.41, 5.74) is -0.702. The van der Waals surface area contributed by atoms with Crippen LogP contribution >= 0.6 is 0 Å². The van der Waals surface area contributed by atoms with Crippen molar-refractivity contribution in [2.45, 2.75) is 44.9 Å². The number of aliphatic carboxylic acids is 1. The van der Waals surface area contributed by atoms with Crippen LogP contribution in [0.1, 0.15) is 27.2 Å². The number of rotatable bonds is 4. The predicted octanol–water partition coefficient (Wildman–Crippen LogP) is 0.127. The van der Waals surface area contributed by atoms with Gasteiger partial charge in [-0.3, -0.25) is 9.69 Å². The molecule has 0 aromatic rings. The molecule has 126 valence electrons. The minimum absolute atomic E-state index is 0.150. The van der Waals surface area contributed by atoms with Crippen molar-refractivity contribution >= 4 is 18.0 Å². The second kappa shape index (κ2) is 6.95. The van der Waals surface area contributed by atoms with Crippen molar-refractivity contribution in [2.24, 2.45) is 0 Å². The normalized spacial score (nSPS) is 21.6. The average Bonchev–Trinajstić information content (AvgIpc) is 2.81. The van der Waals surface area contributed by atoms with E-state index in [4.69, 9.17) is 4.74 Å². The summed E-state index contributed by atoms with van der Waals surface area (Å²) in [7, 11) is 3.27. The fourth-order valence-electron chi connectivity index (χ4n) is 2.33. The highest BCUT2D eigenvalue weighted by molar-refractivity contribution is 5.82. The van der Waals surface area contributed by atoms with Crippen LogP contribution in [0.15, 0.2) is 0 Å². The zero-order valence-electron chi connectivity index (χ0n) is 13.8. The maximum Gasteiger partial charge on any atom is 0.411 e. The Morgan fingerprint density at radius 2 is 1.95 bits per heavy atom. The van der Waals surface area contributed by atoms with Crippen molar-refractivity contribution in [1.82, 2.24) is 15.1 Å². The third kappa shape index (κ3) is 4.59. The molecular formula is C14H25N3O5. The Morgan fingerprint density at radius 1 is 1.36 bits per heavy atom. The summed E-state index contributed by atoms with van der Waals surface area (Å²) in [5.74, 6) is -1.24. The van der Waals surface area contributed by atoms with Gasteiger partial charge < -0.3 is 20.1 Å². The SMILES string of the molecule is CNCC(=O)N(C)[C@@H]1C[C@@H](C(=O)O)N(C(=O)OC(C)(C)C)C1. The molecule has 1 heterocycles. The number of hydrogen-bond acceptors (Lipinski definition) is 5. The molecule has 1 fully saturated rings. The maximum absolute atomic E-state index is 12.2. The molecular weight excluding hydrogens is 290 g/mol. The minimum atomic E-state index is -1.09. The van der Waals surface area contributed by atoms with Crippen LogP contribution in [-0.2, 0) is 14.3 Å². The number of carboxylic acids is 1. The molecule has 2 amide bonds. The Bertz CT molecular complexity index is 446. The van der Waals surface area contributed by atoms with Gasteiger partial charge >= 0.3 is 12.1 Å². The number of amides is 2. The van der Waals surface area contributed by atoms with Crippen LogP contribution < -0.4 is 5.32 Å². The van der Waals surface area contributed by atoms with Crippen molar-refractivity contribution in [3.63, 3.8) is 0 Å². The second-order valence-corrected chi connectivity index (χ2v) is 6.41. The Hall–Kier alpha value is -1.83. The van der Waals surface area contributed by atoms with E-state index in [1.165, 1.54) is 9.80 Å². The molecule has 22 heavy (non-hydrogen) atoms. The van der Waals surface area contributed by atoms with Gasteiger partial charge in [-0.2, -0.15) is 0 Å². The van der Waals surface area contributed by atoms with Gasteiger partial charge in [0.05, 0.1) is 12.6 Å². The molecule has 0 aliphatic carbocycles. The quantitative estimate of drug-likeness (QED) is 0.765. The van der Waals surface area contributed by atoms with Crippen molar-refractivity contribution in [2.75, 3.05) is 27.2 Å². The Labute approximate surface area is 130 Å². The first-order valence-corrected chi connectivity index (χ1v) is 7.19. The van der Waals surface area contributed by atoms with Gasteiger partial charge in [0.1, 0.15) is 11.6 Å². The van der Waals surface area contributed by atoms with Crippen molar-refractivity contribution in [3.8, 4) is 0 Å². The lowest BCUT2D eigenvalue weighted by atomic mass is 10.1. The average molecular weight is 315 g/mol. The molecule has 8 heteroatoms. The van der Waals surface area contributed by atoms with E-state index in [2.05, 4.69) is 5.32 Å². The standard InChI is InChI=1S/C14H25N3O5/c1-14(2,3)22-13(21)17-8-9(6-10(17)12(19)20)16(5)11(18)7-15-4/h9-10,15H,6-8H2,1-5H3,(H,19,20)/t9-,10+/m1/s1. The number of nitrogens with zero attached hydrogens (tertiary/aromatic N) is 2. The van der Waals surface area contributed by atoms with E-state index < -0.39 is 23.7 Å². The number of carbonyl (C=O) groups is 3. The first kappa shape index (κ1) is 18.2. The highest BCUT2D eigenvalue weighted by Gasteiger charge is 2.43. The van der Waals surface area contributed by atoms with Crippen LogP contribution in [-0.4, -0.2) is 77.7 Å². The first-order chi connectivity index (χ1) is 10.1. The Kier molecular flexibility index (Phi) is 5.76. The molecule has 1 saturated heterocycles. The van der Waals surface area contributed by atoms with Crippen molar-refractivity contribution in [3.05, 3.63) is 0 Å². The molecule has 1 aliphatic rings. The molecule has 0 radical (unpaired) electrons. The van der Waals surface area contributed by atoms with Gasteiger partial charge in [-0.05, 0) is 27.8 Å². The number of hydrogen-bond donors (Lipinski definition) is 2. The molecule has 0 spiro atoms. The van der Waals surface area contributed by atoms with E-state index in [-0.39, 0.29) is 31.5 Å². The highest BCUT2D eigenvalue weighted by Crippen LogP contribution is 2.24. The maximum atomic E-state index is 12.2. The van der Waals surface area contributed by atoms with Gasteiger partial charge in [0, 0.05) is 20.0 Å². The van der Waals surface area contributed by atoms with Crippen LogP contribution in [0, 0.1) is 0 Å². The third-order valence-electron chi connectivity index (χ3n) is 3.46. The van der Waals surface area contributed by atoms with Gasteiger partial charge in [-0.25, -0.2) is 9.59 Å². The minimum Gasteiger partial charge on any atom is -0.480 e. The number of ether oxygens (including phenoxy) is 1. The highest BCUT2D eigenvalue weighted by atomic mass is 16.6. The molecule has 8 nitrogen and oxygen atoms in total. The third-order valence-corrected chi connectivity index (χ3v) is 3.46. The molecule has 0 bridgehead atoms. The zero-order chi connectivity index (χ0) is 17.1. The number of likely N-dealkylation sites (N-methyl/N-ethyl adjacent to an activating group) is 2. The summed E-state index contributed by atoms with van der Waals surface area (Å²) >= 11 is 0. The second-order valence-electron chi connectivity index (χ2n) is 6.41. The lowest BCUT2D eigenvalue weighted by molar-refractivity contribution is -0.142. The van der Waals surface area contributed by atoms with E-state index in [1.807, 2.05) is 0 Å². The Balaban J connectivity index is 2.83. The molecule has 0 aromatic carbocycles. The summed E-state index contributed by atoms with van der Waals surface area (Å²) in [4.78, 5) is 38.1. The molecule has 1 aliphatic heterocycles. The summed E-state index contributed by atoms with van der Waals surface area (Å²) in [6.07, 6.45) is -0.475. The number of likely N-dealkylation sites (tertiary alicyclic amines) is 1. The molecule has 2 N–H and O–H groups in total. The van der Waals surface area contributed by atoms with Gasteiger partial charge in [-0.1, -0.05) is 0 Å². The lowest BCUT2D eigenvalue weighted by Gasteiger charge is -2.27. The lowest BCUT2D eigenvalue weighted by Crippen LogP contribution is -2.45. The van der Waals surface area contributed by atoms with E-state index >= 15 is 0 Å². The van der Waals surface area contributed by atoms with E-state index in [1.54, 1.807) is 34.9 Å². The number of carboxylic acid groups (broad SMARTS) is 1. The van der Waals surface area contributed by atoms with Gasteiger partial charge in [0.25, 0.3) is 0 Å². The molecule has 2 atom stereocenters. The summed E-state index contributed by atoms with van der Waals surface area (Å²) in [6.45, 7) is 5.47. The van der Waals surface area contributed by atoms with Gasteiger partial charge in [0.15, 0.2) is 0 Å². The van der Waals surface area contributed by atoms with Crippen molar-refractivity contribution < 1.29 is 24.2 Å². The zero-order valence-corrected chi connectivity index (χ0v) is 13.8. The van der Waals surface area contributed by atoms with Crippen LogP contribution in [0.3, 0.4) is 0 Å². The number of carbonyl (C=O) groups excluding carboxylic acids is 2. The van der Waals surface area contributed by atoms with Gasteiger partial charge in [-0.15, -0.1) is 0 Å². The first-order valence-electron chi connectivity index (χ1n) is 7.19. The van der Waals surface area contributed by atoms with Crippen LogP contribution in [0.25, 0.3) is 0 Å². The Morgan fingerprint density at radius 3 is 2.41 bits per heavy atom. The summed E-state index contributed by atoms with van der Waals surface area (Å²) < 4.78 is 5.25. The van der Waals surface area contributed by atoms with E-state index in [0.717, 1.165) is 0 Å². The molecule has 1 rings (SSSR count). The van der Waals surface area contributed by atoms with Gasteiger partial charge in [0.2, 0.25) is 5.91 Å². The van der Waals surface area contributed by atoms with Crippen LogP contribution in [0.5, 0.6) is 0 Å². The largest absolute Gasteiger partial charge is 0.480 e. The molecule has 0 unspecified atom stereocenters. The monoisotopic (exact) mass is 315 g/mol. The van der Waals surface area contributed by atoms with Crippen LogP contribution in [0.4, 0.5) is 4.79 Å². The summed E-state index contributed by atoms with van der Waals surface area (Å²) in [5, 5.41) is 12.1.